The van der Waals surface area contributed by atoms with Gasteiger partial charge in [-0.2, -0.15) is 10.5 Å². The van der Waals surface area contributed by atoms with Crippen molar-refractivity contribution >= 4 is 56.2 Å². The molecule has 0 spiro atoms. The van der Waals surface area contributed by atoms with E-state index in [0.717, 1.165) is 130 Å². The number of hydrogen-bond acceptors (Lipinski definition) is 6. The van der Waals surface area contributed by atoms with Gasteiger partial charge in [0.25, 0.3) is 0 Å². The lowest BCUT2D eigenvalue weighted by atomic mass is 9.85. The maximum Gasteiger partial charge on any atom is 0.101 e. The average molecular weight is 1180 g/mol. The van der Waals surface area contributed by atoms with E-state index in [1.165, 1.54) is 33.9 Å². The van der Waals surface area contributed by atoms with E-state index in [0.29, 0.717) is 22.3 Å². The average Bonchev–Trinajstić information content (AvgIpc) is 1.41. The third-order valence-electron chi connectivity index (χ3n) is 17.6. The minimum atomic E-state index is 0.332. The maximum atomic E-state index is 10.7. The molecule has 90 heavy (non-hydrogen) atoms. The van der Waals surface area contributed by atoms with Gasteiger partial charge in [-0.25, -0.2) is 0 Å². The lowest BCUT2D eigenvalue weighted by Crippen LogP contribution is -2.21. The fraction of sp³-hybridized carbons (Fsp3) is 0.190. The fourth-order valence-electron chi connectivity index (χ4n) is 12.6. The molecule has 6 heteroatoms. The first kappa shape index (κ1) is 62.6. The van der Waals surface area contributed by atoms with Crippen molar-refractivity contribution in [2.75, 3.05) is 72.0 Å². The summed E-state index contributed by atoms with van der Waals surface area (Å²) in [5.74, 6) is 0. The number of rotatable bonds is 24. The highest BCUT2D eigenvalue weighted by molar-refractivity contribution is 6.07. The van der Waals surface area contributed by atoms with Gasteiger partial charge >= 0.3 is 0 Å². The van der Waals surface area contributed by atoms with E-state index in [4.69, 9.17) is 0 Å². The van der Waals surface area contributed by atoms with Crippen molar-refractivity contribution in [3.63, 3.8) is 0 Å². The molecular formula is C84H82N6. The molecule has 10 aromatic carbocycles. The van der Waals surface area contributed by atoms with E-state index < -0.39 is 0 Å². The van der Waals surface area contributed by atoms with Gasteiger partial charge in [0.15, 0.2) is 0 Å². The van der Waals surface area contributed by atoms with Gasteiger partial charge in [0, 0.05) is 75.1 Å². The second-order valence-electron chi connectivity index (χ2n) is 22.4. The van der Waals surface area contributed by atoms with Crippen molar-refractivity contribution in [3.05, 3.63) is 310 Å². The molecule has 0 aromatic heterocycles. The molecule has 0 amide bonds. The molecule has 0 aliphatic heterocycles. The van der Waals surface area contributed by atoms with Gasteiger partial charge in [0.2, 0.25) is 0 Å². The standard InChI is InChI=1S/C84H82N6/c1-9-87(10-2)75-51-43-71(44-52-75)83(72-45-53-76(54-46-72)88(11-3)12-4)81(67-23-19-17-20-24-67)69-39-31-63(32-40-69)61-27-35-65(36-28-61)79(59-85)80(60-86)66-37-29-62(30-38-66)64-33-41-70(42-34-64)82(68-25-21-18-22-26-68)84(73-47-55-77(56-48-73)89(13-5)14-6)74-49-57-78(58-50-74)90(15-7)16-8/h17-58H,9-16H2,1-8H3/b80-79+. The number of allylic oxidation sites excluding steroid dienone is 2. The molecule has 0 aliphatic carbocycles. The van der Waals surface area contributed by atoms with Gasteiger partial charge in [-0.05, 0) is 204 Å². The third-order valence-corrected chi connectivity index (χ3v) is 17.6. The second kappa shape index (κ2) is 30.0. The number of hydrogen-bond donors (Lipinski definition) is 0. The van der Waals surface area contributed by atoms with Crippen LogP contribution in [0, 0.1) is 22.7 Å². The molecule has 0 fully saturated rings. The van der Waals surface area contributed by atoms with Crippen LogP contribution >= 0.6 is 0 Å². The van der Waals surface area contributed by atoms with Gasteiger partial charge in [0.05, 0.1) is 11.1 Å². The summed E-state index contributed by atoms with van der Waals surface area (Å²) in [7, 11) is 0. The first-order valence-corrected chi connectivity index (χ1v) is 32.2. The SMILES string of the molecule is CCN(CC)c1ccc(C(=C(c2ccccc2)c2ccc(-c3ccc(/C(C#N)=C(\C#N)c4ccc(-c5ccc(C(=C(c6ccc(N(CC)CC)cc6)c6ccc(N(CC)CC)cc6)c6ccccc6)cc5)cc4)cc3)cc2)c2ccc(N(CC)CC)cc2)cc1. The Balaban J connectivity index is 0.951. The van der Waals surface area contributed by atoms with Crippen molar-refractivity contribution in [3.8, 4) is 34.4 Å². The zero-order chi connectivity index (χ0) is 62.9. The highest BCUT2D eigenvalue weighted by Crippen LogP contribution is 2.42. The van der Waals surface area contributed by atoms with Gasteiger partial charge in [0.1, 0.15) is 12.1 Å². The first-order valence-electron chi connectivity index (χ1n) is 32.2. The van der Waals surface area contributed by atoms with E-state index in [2.05, 4.69) is 293 Å². The number of nitriles is 2. The molecule has 0 saturated heterocycles. The molecule has 0 aliphatic rings. The Morgan fingerprint density at radius 1 is 0.222 bits per heavy atom. The predicted octanol–water partition coefficient (Wildman–Crippen LogP) is 20.4. The van der Waals surface area contributed by atoms with E-state index in [9.17, 15) is 10.5 Å². The Morgan fingerprint density at radius 3 is 0.567 bits per heavy atom. The molecule has 0 radical (unpaired) electrons. The fourth-order valence-corrected chi connectivity index (χ4v) is 12.6. The molecule has 6 nitrogen and oxygen atoms in total. The molecule has 0 saturated carbocycles. The Bertz CT molecular complexity index is 3740. The predicted molar refractivity (Wildman–Crippen MR) is 385 cm³/mol. The van der Waals surface area contributed by atoms with Crippen LogP contribution in [0.5, 0.6) is 0 Å². The number of nitrogens with zero attached hydrogens (tertiary/aromatic N) is 6. The summed E-state index contributed by atoms with van der Waals surface area (Å²) in [5.41, 5.74) is 24.7. The summed E-state index contributed by atoms with van der Waals surface area (Å²) in [6.07, 6.45) is 0. The monoisotopic (exact) mass is 1170 g/mol. The topological polar surface area (TPSA) is 60.5 Å². The van der Waals surface area contributed by atoms with Crippen LogP contribution < -0.4 is 19.6 Å². The minimum Gasteiger partial charge on any atom is -0.372 e. The quantitative estimate of drug-likeness (QED) is 0.0444. The highest BCUT2D eigenvalue weighted by Gasteiger charge is 2.21. The van der Waals surface area contributed by atoms with Crippen molar-refractivity contribution in [1.29, 1.82) is 10.5 Å². The summed E-state index contributed by atoms with van der Waals surface area (Å²) < 4.78 is 0. The smallest absolute Gasteiger partial charge is 0.101 e. The third kappa shape index (κ3) is 13.8. The Labute approximate surface area is 535 Å². The molecule has 0 atom stereocenters. The number of benzene rings is 10. The van der Waals surface area contributed by atoms with Crippen LogP contribution in [0.15, 0.2) is 255 Å². The number of anilines is 4. The zero-order valence-corrected chi connectivity index (χ0v) is 53.6. The van der Waals surface area contributed by atoms with Crippen LogP contribution in [0.2, 0.25) is 0 Å². The van der Waals surface area contributed by atoms with Gasteiger partial charge in [-0.3, -0.25) is 0 Å². The maximum absolute atomic E-state index is 10.7. The molecular weight excluding hydrogens is 1090 g/mol. The Morgan fingerprint density at radius 2 is 0.389 bits per heavy atom. The molecule has 0 unspecified atom stereocenters. The molecule has 448 valence electrons. The van der Waals surface area contributed by atoms with Crippen LogP contribution in [-0.4, -0.2) is 52.4 Å². The normalized spacial score (nSPS) is 11.2. The van der Waals surface area contributed by atoms with Crippen molar-refractivity contribution in [2.45, 2.75) is 55.4 Å². The van der Waals surface area contributed by atoms with E-state index in [1.807, 2.05) is 48.5 Å². The van der Waals surface area contributed by atoms with Gasteiger partial charge in [-0.15, -0.1) is 0 Å². The zero-order valence-electron chi connectivity index (χ0n) is 53.6. The molecule has 0 heterocycles. The summed E-state index contributed by atoms with van der Waals surface area (Å²) >= 11 is 0. The van der Waals surface area contributed by atoms with Gasteiger partial charge < -0.3 is 19.6 Å². The van der Waals surface area contributed by atoms with Crippen molar-refractivity contribution in [1.82, 2.24) is 0 Å². The van der Waals surface area contributed by atoms with E-state index in [1.54, 1.807) is 0 Å². The lowest BCUT2D eigenvalue weighted by Gasteiger charge is -2.24. The molecule has 10 rings (SSSR count). The lowest BCUT2D eigenvalue weighted by molar-refractivity contribution is 0.866. The molecule has 0 N–H and O–H groups in total. The molecule has 10 aromatic rings. The minimum absolute atomic E-state index is 0.332. The summed E-state index contributed by atoms with van der Waals surface area (Å²) in [6.45, 7) is 25.2. The second-order valence-corrected chi connectivity index (χ2v) is 22.4. The summed E-state index contributed by atoms with van der Waals surface area (Å²) in [6, 6.07) is 96.1. The van der Waals surface area contributed by atoms with Crippen molar-refractivity contribution in [2.24, 2.45) is 0 Å². The first-order chi connectivity index (χ1) is 44.2. The summed E-state index contributed by atoms with van der Waals surface area (Å²) in [5, 5.41) is 21.5. The van der Waals surface area contributed by atoms with Crippen LogP contribution in [0.25, 0.3) is 55.7 Å². The van der Waals surface area contributed by atoms with Crippen LogP contribution in [-0.2, 0) is 0 Å². The van der Waals surface area contributed by atoms with Crippen LogP contribution in [0.1, 0.15) is 111 Å². The molecule has 0 bridgehead atoms. The van der Waals surface area contributed by atoms with Gasteiger partial charge in [-0.1, -0.05) is 206 Å². The summed E-state index contributed by atoms with van der Waals surface area (Å²) in [4.78, 5) is 9.52. The van der Waals surface area contributed by atoms with Crippen LogP contribution in [0.3, 0.4) is 0 Å². The van der Waals surface area contributed by atoms with E-state index in [-0.39, 0.29) is 0 Å². The van der Waals surface area contributed by atoms with Crippen LogP contribution in [0.4, 0.5) is 22.7 Å². The Hall–Kier alpha value is -10.4. The largest absolute Gasteiger partial charge is 0.372 e. The Kier molecular flexibility index (Phi) is 20.9. The highest BCUT2D eigenvalue weighted by atomic mass is 15.1. The van der Waals surface area contributed by atoms with E-state index >= 15 is 0 Å². The van der Waals surface area contributed by atoms with Crippen molar-refractivity contribution < 1.29 is 0 Å².